The van der Waals surface area contributed by atoms with Crippen LogP contribution < -0.4 is 10.0 Å². The minimum absolute atomic E-state index is 0.250. The summed E-state index contributed by atoms with van der Waals surface area (Å²) in [5.74, 6) is -1.23. The summed E-state index contributed by atoms with van der Waals surface area (Å²) in [5, 5.41) is 13.6. The van der Waals surface area contributed by atoms with Crippen molar-refractivity contribution in [3.8, 4) is 0 Å². The van der Waals surface area contributed by atoms with Gasteiger partial charge < -0.3 is 5.11 Å². The maximum Gasteiger partial charge on any atom is 0.262 e. The number of amides is 2. The van der Waals surface area contributed by atoms with Crippen LogP contribution in [0.1, 0.15) is 36.5 Å². The molecule has 184 valence electrons. The van der Waals surface area contributed by atoms with Crippen LogP contribution in [0.3, 0.4) is 0 Å². The molecule has 0 radical (unpaired) electrons. The monoisotopic (exact) mass is 507 g/mol. The average Bonchev–Trinajstić information content (AvgIpc) is 3.23. The Labute approximate surface area is 205 Å². The van der Waals surface area contributed by atoms with Crippen molar-refractivity contribution in [3.63, 3.8) is 0 Å². The number of nitrogens with zero attached hydrogens (tertiary/aromatic N) is 1. The minimum Gasteiger partial charge on any atom is -0.376 e. The lowest BCUT2D eigenvalue weighted by molar-refractivity contribution is -0.144. The molecular weight excluding hydrogens is 478 g/mol. The van der Waals surface area contributed by atoms with E-state index in [0.717, 1.165) is 23.8 Å². The summed E-state index contributed by atoms with van der Waals surface area (Å²) in [5.41, 5.74) is 0.377. The van der Waals surface area contributed by atoms with Crippen LogP contribution in [0.4, 0.5) is 0 Å². The largest absolute Gasteiger partial charge is 0.376 e. The van der Waals surface area contributed by atoms with E-state index in [1.807, 2.05) is 17.0 Å². The fraction of sp³-hybridized carbons (Fsp3) is 0.417. The quantitative estimate of drug-likeness (QED) is 0.478. The van der Waals surface area contributed by atoms with E-state index in [2.05, 4.69) is 10.0 Å². The predicted molar refractivity (Wildman–Crippen MR) is 131 cm³/mol. The Bertz CT molecular complexity index is 1140. The van der Waals surface area contributed by atoms with Crippen LogP contribution in [0.5, 0.6) is 0 Å². The number of benzene rings is 2. The van der Waals surface area contributed by atoms with Gasteiger partial charge in [-0.25, -0.2) is 13.1 Å². The zero-order valence-electron chi connectivity index (χ0n) is 19.3. The van der Waals surface area contributed by atoms with E-state index in [9.17, 15) is 23.1 Å². The van der Waals surface area contributed by atoms with E-state index >= 15 is 0 Å². The normalized spacial score (nSPS) is 18.4. The topological polar surface area (TPSA) is 116 Å². The second kappa shape index (κ2) is 11.0. The molecule has 2 amide bonds. The number of hydrogen-bond donors (Lipinski definition) is 3. The number of sulfonamides is 1. The first kappa shape index (κ1) is 26.3. The molecule has 1 aliphatic rings. The standard InChI is InChI=1S/C24H30ClN3O5S/c1-24(31,19-7-4-3-5-8-19)23(30)27-22(29)21-9-6-14-28(21)16-18-15-20(25)11-10-17(18)12-13-26-34(2,32)33/h3-5,7-8,10-11,15,21,26,31H,6,9,12-14,16H2,1-2H3,(H,27,29,30)/t21-,24+/m0/s1. The first-order chi connectivity index (χ1) is 16.0. The van der Waals surface area contributed by atoms with E-state index in [4.69, 9.17) is 11.6 Å². The van der Waals surface area contributed by atoms with E-state index < -0.39 is 33.5 Å². The molecule has 2 aromatic rings. The minimum atomic E-state index is -3.29. The zero-order chi connectivity index (χ0) is 24.9. The molecule has 10 heteroatoms. The molecule has 1 fully saturated rings. The fourth-order valence-corrected chi connectivity index (χ4v) is 4.77. The van der Waals surface area contributed by atoms with Gasteiger partial charge in [-0.2, -0.15) is 0 Å². The lowest BCUT2D eigenvalue weighted by atomic mass is 9.95. The Balaban J connectivity index is 1.69. The van der Waals surface area contributed by atoms with Crippen LogP contribution in [-0.4, -0.2) is 55.6 Å². The van der Waals surface area contributed by atoms with Crippen LogP contribution in [0.2, 0.25) is 5.02 Å². The first-order valence-corrected chi connectivity index (χ1v) is 13.3. The maximum absolute atomic E-state index is 13.0. The van der Waals surface area contributed by atoms with Crippen molar-refractivity contribution in [3.05, 3.63) is 70.2 Å². The molecule has 34 heavy (non-hydrogen) atoms. The number of aliphatic hydroxyl groups is 1. The van der Waals surface area contributed by atoms with Gasteiger partial charge in [0.1, 0.15) is 0 Å². The van der Waals surface area contributed by atoms with Crippen molar-refractivity contribution in [2.45, 2.75) is 44.4 Å². The Morgan fingerprint density at radius 3 is 2.56 bits per heavy atom. The number of likely N-dealkylation sites (tertiary alicyclic amines) is 1. The van der Waals surface area contributed by atoms with Crippen molar-refractivity contribution < 1.29 is 23.1 Å². The highest BCUT2D eigenvalue weighted by molar-refractivity contribution is 7.88. The molecule has 0 spiro atoms. The van der Waals surface area contributed by atoms with E-state index in [0.29, 0.717) is 36.5 Å². The summed E-state index contributed by atoms with van der Waals surface area (Å²) in [6.45, 7) is 2.70. The summed E-state index contributed by atoms with van der Waals surface area (Å²) >= 11 is 6.20. The Hall–Kier alpha value is -2.30. The zero-order valence-corrected chi connectivity index (χ0v) is 20.8. The number of carbonyl (C=O) groups is 2. The lowest BCUT2D eigenvalue weighted by Gasteiger charge is -2.27. The number of hydrogen-bond acceptors (Lipinski definition) is 6. The Morgan fingerprint density at radius 2 is 1.88 bits per heavy atom. The summed E-state index contributed by atoms with van der Waals surface area (Å²) in [4.78, 5) is 27.7. The van der Waals surface area contributed by atoms with Gasteiger partial charge in [0.2, 0.25) is 15.9 Å². The van der Waals surface area contributed by atoms with Crippen molar-refractivity contribution >= 4 is 33.4 Å². The van der Waals surface area contributed by atoms with Gasteiger partial charge in [-0.3, -0.25) is 19.8 Å². The van der Waals surface area contributed by atoms with Gasteiger partial charge >= 0.3 is 0 Å². The molecule has 1 saturated heterocycles. The number of rotatable bonds is 9. The van der Waals surface area contributed by atoms with Gasteiger partial charge in [0, 0.05) is 18.1 Å². The molecule has 2 atom stereocenters. The number of carbonyl (C=O) groups excluding carboxylic acids is 2. The molecule has 2 aromatic carbocycles. The Morgan fingerprint density at radius 1 is 1.18 bits per heavy atom. The van der Waals surface area contributed by atoms with Crippen LogP contribution in [0, 0.1) is 0 Å². The van der Waals surface area contributed by atoms with Gasteiger partial charge in [0.25, 0.3) is 5.91 Å². The number of nitrogens with one attached hydrogen (secondary N) is 2. The third kappa shape index (κ3) is 6.86. The predicted octanol–water partition coefficient (Wildman–Crippen LogP) is 1.95. The molecule has 1 aliphatic heterocycles. The molecule has 0 aliphatic carbocycles. The number of halogens is 1. The van der Waals surface area contributed by atoms with Crippen molar-refractivity contribution in [1.82, 2.24) is 14.9 Å². The second-order valence-corrected chi connectivity index (χ2v) is 11.0. The molecular formula is C24H30ClN3O5S. The lowest BCUT2D eigenvalue weighted by Crippen LogP contribution is -2.50. The highest BCUT2D eigenvalue weighted by atomic mass is 35.5. The van der Waals surface area contributed by atoms with Crippen LogP contribution in [0.15, 0.2) is 48.5 Å². The molecule has 0 bridgehead atoms. The van der Waals surface area contributed by atoms with Crippen LogP contribution in [-0.2, 0) is 38.2 Å². The third-order valence-corrected chi connectivity index (χ3v) is 6.95. The van der Waals surface area contributed by atoms with Gasteiger partial charge in [-0.15, -0.1) is 0 Å². The first-order valence-electron chi connectivity index (χ1n) is 11.1. The van der Waals surface area contributed by atoms with Crippen molar-refractivity contribution in [1.29, 1.82) is 0 Å². The molecule has 0 unspecified atom stereocenters. The van der Waals surface area contributed by atoms with E-state index in [1.165, 1.54) is 6.92 Å². The molecule has 8 nitrogen and oxygen atoms in total. The molecule has 3 rings (SSSR count). The summed E-state index contributed by atoms with van der Waals surface area (Å²) < 4.78 is 25.2. The molecule has 1 heterocycles. The maximum atomic E-state index is 13.0. The SMILES string of the molecule is C[C@](O)(C(=O)NC(=O)[C@@H]1CCCN1Cc1cc(Cl)ccc1CCNS(C)(=O)=O)c1ccccc1. The van der Waals surface area contributed by atoms with Crippen molar-refractivity contribution in [2.24, 2.45) is 0 Å². The summed E-state index contributed by atoms with van der Waals surface area (Å²) in [6, 6.07) is 13.4. The van der Waals surface area contributed by atoms with E-state index in [-0.39, 0.29) is 6.54 Å². The van der Waals surface area contributed by atoms with Gasteiger partial charge in [-0.1, -0.05) is 48.0 Å². The van der Waals surface area contributed by atoms with Crippen LogP contribution >= 0.6 is 11.6 Å². The Kier molecular flexibility index (Phi) is 8.48. The highest BCUT2D eigenvalue weighted by Crippen LogP contribution is 2.25. The highest BCUT2D eigenvalue weighted by Gasteiger charge is 2.37. The number of imide groups is 1. The van der Waals surface area contributed by atoms with Gasteiger partial charge in [-0.05, 0) is 61.6 Å². The molecule has 0 aromatic heterocycles. The summed E-state index contributed by atoms with van der Waals surface area (Å²) in [6.07, 6.45) is 2.95. The second-order valence-electron chi connectivity index (χ2n) is 8.71. The molecule has 0 saturated carbocycles. The average molecular weight is 508 g/mol. The fourth-order valence-electron chi connectivity index (χ4n) is 4.10. The third-order valence-electron chi connectivity index (χ3n) is 5.98. The van der Waals surface area contributed by atoms with E-state index in [1.54, 1.807) is 36.4 Å². The van der Waals surface area contributed by atoms with Gasteiger partial charge in [0.15, 0.2) is 5.60 Å². The van der Waals surface area contributed by atoms with Gasteiger partial charge in [0.05, 0.1) is 12.3 Å². The summed E-state index contributed by atoms with van der Waals surface area (Å²) in [7, 11) is -3.29. The molecule has 3 N–H and O–H groups in total. The van der Waals surface area contributed by atoms with Crippen LogP contribution in [0.25, 0.3) is 0 Å². The smallest absolute Gasteiger partial charge is 0.262 e. The van der Waals surface area contributed by atoms with Crippen molar-refractivity contribution in [2.75, 3.05) is 19.3 Å².